The fourth-order valence-electron chi connectivity index (χ4n) is 4.32. The molecular formula is C25H31N5O2S. The van der Waals surface area contributed by atoms with E-state index in [2.05, 4.69) is 32.0 Å². The van der Waals surface area contributed by atoms with Crippen molar-refractivity contribution < 1.29 is 9.53 Å². The third-order valence-corrected chi connectivity index (χ3v) is 7.32. The molecule has 2 aromatic heterocycles. The average molecular weight is 466 g/mol. The lowest BCUT2D eigenvalue weighted by Gasteiger charge is -2.31. The van der Waals surface area contributed by atoms with E-state index in [1.54, 1.807) is 13.3 Å². The summed E-state index contributed by atoms with van der Waals surface area (Å²) in [5.41, 5.74) is 1.98. The lowest BCUT2D eigenvalue weighted by atomic mass is 9.85. The summed E-state index contributed by atoms with van der Waals surface area (Å²) in [5, 5.41) is 12.6. The number of aromatic nitrogens is 4. The Bertz CT molecular complexity index is 1050. The molecule has 0 saturated heterocycles. The lowest BCUT2D eigenvalue weighted by Crippen LogP contribution is -2.31. The molecule has 1 saturated carbocycles. The van der Waals surface area contributed by atoms with Gasteiger partial charge in [0.15, 0.2) is 11.0 Å². The van der Waals surface area contributed by atoms with Crippen LogP contribution in [0, 0.1) is 5.92 Å². The second-order valence-electron chi connectivity index (χ2n) is 8.57. The van der Waals surface area contributed by atoms with E-state index in [4.69, 9.17) is 4.74 Å². The van der Waals surface area contributed by atoms with Gasteiger partial charge in [0.25, 0.3) is 0 Å². The van der Waals surface area contributed by atoms with Gasteiger partial charge < -0.3 is 10.1 Å². The van der Waals surface area contributed by atoms with Crippen molar-refractivity contribution >= 4 is 17.7 Å². The molecule has 1 amide bonds. The minimum absolute atomic E-state index is 0.0232. The summed E-state index contributed by atoms with van der Waals surface area (Å²) >= 11 is 1.47. The normalized spacial score (nSPS) is 19.1. The predicted octanol–water partition coefficient (Wildman–Crippen LogP) is 4.90. The molecule has 0 radical (unpaired) electrons. The smallest absolute Gasteiger partial charge is 0.233 e. The number of carbonyl (C=O) groups excluding carboxylic acids is 1. The number of carbonyl (C=O) groups is 1. The van der Waals surface area contributed by atoms with Gasteiger partial charge in [-0.1, -0.05) is 43.7 Å². The molecule has 0 spiro atoms. The maximum atomic E-state index is 12.8. The van der Waals surface area contributed by atoms with Gasteiger partial charge in [0.2, 0.25) is 5.91 Å². The van der Waals surface area contributed by atoms with Crippen LogP contribution >= 0.6 is 11.8 Å². The number of amides is 1. The molecule has 1 fully saturated rings. The molecule has 1 N–H and O–H groups in total. The maximum Gasteiger partial charge on any atom is 0.233 e. The van der Waals surface area contributed by atoms with E-state index in [9.17, 15) is 4.79 Å². The van der Waals surface area contributed by atoms with Gasteiger partial charge in [0.1, 0.15) is 5.75 Å². The first-order valence-electron chi connectivity index (χ1n) is 11.5. The highest BCUT2D eigenvalue weighted by Crippen LogP contribution is 2.39. The summed E-state index contributed by atoms with van der Waals surface area (Å²) in [7, 11) is 1.64. The molecule has 1 aliphatic carbocycles. The Kier molecular flexibility index (Phi) is 7.65. The molecule has 3 aromatic rings. The molecule has 0 unspecified atom stereocenters. The zero-order chi connectivity index (χ0) is 23.2. The van der Waals surface area contributed by atoms with Crippen LogP contribution in [0.15, 0.2) is 53.9 Å². The second kappa shape index (κ2) is 10.8. The monoisotopic (exact) mass is 465 g/mol. The van der Waals surface area contributed by atoms with Crippen LogP contribution in [0.4, 0.5) is 0 Å². The molecular weight excluding hydrogens is 434 g/mol. The number of rotatable bonds is 8. The highest BCUT2D eigenvalue weighted by molar-refractivity contribution is 8.00. The highest BCUT2D eigenvalue weighted by Gasteiger charge is 2.30. The minimum Gasteiger partial charge on any atom is -0.497 e. The van der Waals surface area contributed by atoms with Crippen molar-refractivity contribution in [2.45, 2.75) is 62.5 Å². The standard InChI is InChI=1S/C25H31N5O2S/c1-17-7-4-5-9-22(17)30-23(20-8-6-14-26-16-20)28-29-25(30)33-18(2)24(31)27-15-19-10-12-21(32-3)13-11-19/h6,8,10-14,16-18,22H,4-5,7,9,15H2,1-3H3,(H,27,31)/t17-,18+,22+/m1/s1. The van der Waals surface area contributed by atoms with Crippen molar-refractivity contribution in [2.24, 2.45) is 5.92 Å². The van der Waals surface area contributed by atoms with Crippen LogP contribution in [-0.4, -0.2) is 38.0 Å². The molecule has 3 atom stereocenters. The molecule has 4 rings (SSSR count). The third kappa shape index (κ3) is 5.55. The van der Waals surface area contributed by atoms with Crippen LogP contribution in [0.2, 0.25) is 0 Å². The van der Waals surface area contributed by atoms with Crippen LogP contribution < -0.4 is 10.1 Å². The van der Waals surface area contributed by atoms with Gasteiger partial charge in [-0.3, -0.25) is 14.3 Å². The van der Waals surface area contributed by atoms with Crippen LogP contribution in [-0.2, 0) is 11.3 Å². The van der Waals surface area contributed by atoms with Crippen LogP contribution in [0.1, 0.15) is 51.1 Å². The van der Waals surface area contributed by atoms with Gasteiger partial charge >= 0.3 is 0 Å². The summed E-state index contributed by atoms with van der Waals surface area (Å²) in [5.74, 6) is 2.14. The topological polar surface area (TPSA) is 81.9 Å². The van der Waals surface area contributed by atoms with E-state index in [1.807, 2.05) is 49.5 Å². The Balaban J connectivity index is 1.50. The molecule has 0 bridgehead atoms. The number of methoxy groups -OCH3 is 1. The number of pyridine rings is 1. The van der Waals surface area contributed by atoms with Gasteiger partial charge in [-0.05, 0) is 55.5 Å². The van der Waals surface area contributed by atoms with Crippen molar-refractivity contribution in [3.63, 3.8) is 0 Å². The maximum absolute atomic E-state index is 12.8. The van der Waals surface area contributed by atoms with Gasteiger partial charge in [-0.15, -0.1) is 10.2 Å². The summed E-state index contributed by atoms with van der Waals surface area (Å²) < 4.78 is 7.44. The molecule has 1 aliphatic rings. The molecule has 2 heterocycles. The first-order chi connectivity index (χ1) is 16.1. The SMILES string of the molecule is COc1ccc(CNC(=O)[C@H](C)Sc2nnc(-c3cccnc3)n2[C@H]2CCCC[C@H]2C)cc1. The zero-order valence-corrected chi connectivity index (χ0v) is 20.2. The van der Waals surface area contributed by atoms with E-state index in [0.29, 0.717) is 18.5 Å². The third-order valence-electron chi connectivity index (χ3n) is 6.26. The summed E-state index contributed by atoms with van der Waals surface area (Å²) in [6.45, 7) is 4.69. The predicted molar refractivity (Wildman–Crippen MR) is 130 cm³/mol. The Morgan fingerprint density at radius 1 is 1.21 bits per heavy atom. The van der Waals surface area contributed by atoms with Crippen molar-refractivity contribution in [1.82, 2.24) is 25.1 Å². The van der Waals surface area contributed by atoms with Crippen LogP contribution in [0.5, 0.6) is 5.75 Å². The Morgan fingerprint density at radius 2 is 2.00 bits per heavy atom. The van der Waals surface area contributed by atoms with E-state index in [1.165, 1.54) is 31.0 Å². The summed E-state index contributed by atoms with van der Waals surface area (Å²) in [6, 6.07) is 12.0. The molecule has 8 heteroatoms. The Morgan fingerprint density at radius 3 is 2.70 bits per heavy atom. The van der Waals surface area contributed by atoms with Gasteiger partial charge in [0, 0.05) is 30.5 Å². The fourth-order valence-corrected chi connectivity index (χ4v) is 5.25. The first kappa shape index (κ1) is 23.3. The fraction of sp³-hybridized carbons (Fsp3) is 0.440. The van der Waals surface area contributed by atoms with Crippen molar-refractivity contribution in [2.75, 3.05) is 7.11 Å². The number of hydrogen-bond donors (Lipinski definition) is 1. The second-order valence-corrected chi connectivity index (χ2v) is 9.88. The van der Waals surface area contributed by atoms with Crippen LogP contribution in [0.3, 0.4) is 0 Å². The number of thioether (sulfide) groups is 1. The highest BCUT2D eigenvalue weighted by atomic mass is 32.2. The molecule has 7 nitrogen and oxygen atoms in total. The van der Waals surface area contributed by atoms with E-state index >= 15 is 0 Å². The van der Waals surface area contributed by atoms with E-state index in [0.717, 1.165) is 34.3 Å². The quantitative estimate of drug-likeness (QED) is 0.477. The average Bonchev–Trinajstić information content (AvgIpc) is 3.26. The summed E-state index contributed by atoms with van der Waals surface area (Å²) in [4.78, 5) is 17.1. The van der Waals surface area contributed by atoms with Crippen LogP contribution in [0.25, 0.3) is 11.4 Å². The number of hydrogen-bond acceptors (Lipinski definition) is 6. The van der Waals surface area contributed by atoms with Gasteiger partial charge in [-0.2, -0.15) is 0 Å². The number of ether oxygens (including phenoxy) is 1. The first-order valence-corrected chi connectivity index (χ1v) is 12.4. The lowest BCUT2D eigenvalue weighted by molar-refractivity contribution is -0.120. The van der Waals surface area contributed by atoms with E-state index in [-0.39, 0.29) is 11.2 Å². The Labute approximate surface area is 199 Å². The zero-order valence-electron chi connectivity index (χ0n) is 19.4. The summed E-state index contributed by atoms with van der Waals surface area (Å²) in [6.07, 6.45) is 8.33. The van der Waals surface area contributed by atoms with Gasteiger partial charge in [0.05, 0.1) is 12.4 Å². The number of nitrogens with zero attached hydrogens (tertiary/aromatic N) is 4. The molecule has 0 aliphatic heterocycles. The Hall–Kier alpha value is -2.87. The van der Waals surface area contributed by atoms with Crippen molar-refractivity contribution in [1.29, 1.82) is 0 Å². The number of nitrogens with one attached hydrogen (secondary N) is 1. The molecule has 1 aromatic carbocycles. The molecule has 174 valence electrons. The largest absolute Gasteiger partial charge is 0.497 e. The van der Waals surface area contributed by atoms with E-state index < -0.39 is 0 Å². The van der Waals surface area contributed by atoms with Crippen molar-refractivity contribution in [3.05, 3.63) is 54.4 Å². The number of benzene rings is 1. The van der Waals surface area contributed by atoms with Gasteiger partial charge in [-0.25, -0.2) is 0 Å². The van der Waals surface area contributed by atoms with Crippen molar-refractivity contribution in [3.8, 4) is 17.1 Å². The molecule has 33 heavy (non-hydrogen) atoms. The minimum atomic E-state index is -0.299.